The van der Waals surface area contributed by atoms with Crippen LogP contribution in [-0.2, 0) is 20.1 Å². The number of aryl methyl sites for hydroxylation is 1. The Hall–Kier alpha value is -1.72. The smallest absolute Gasteiger partial charge is 0.123 e. The molecule has 4 nitrogen and oxygen atoms in total. The number of nitrogens with zero attached hydrogens (tertiary/aromatic N) is 4. The summed E-state index contributed by atoms with van der Waals surface area (Å²) in [5.74, 6) is 1.37. The molecule has 122 valence electrons. The van der Waals surface area contributed by atoms with E-state index in [0.29, 0.717) is 0 Å². The lowest BCUT2D eigenvalue weighted by atomic mass is 10.0. The molecular formula is C18H23FN4. The number of aromatic nitrogens is 2. The lowest BCUT2D eigenvalue weighted by Gasteiger charge is -2.21. The van der Waals surface area contributed by atoms with Gasteiger partial charge in [0, 0.05) is 58.1 Å². The van der Waals surface area contributed by atoms with Gasteiger partial charge in [0.2, 0.25) is 0 Å². The number of likely N-dealkylation sites (tertiary alicyclic amines) is 2. The van der Waals surface area contributed by atoms with Crippen molar-refractivity contribution in [2.24, 2.45) is 18.9 Å². The third-order valence-electron chi connectivity index (χ3n) is 5.10. The molecule has 2 aliphatic rings. The maximum absolute atomic E-state index is 13.3. The van der Waals surface area contributed by atoms with Crippen LogP contribution >= 0.6 is 0 Å². The van der Waals surface area contributed by atoms with E-state index in [1.807, 2.05) is 24.0 Å². The molecule has 1 aromatic carbocycles. The molecule has 0 aliphatic carbocycles. The highest BCUT2D eigenvalue weighted by Gasteiger charge is 2.39. The molecule has 2 fully saturated rings. The van der Waals surface area contributed by atoms with Gasteiger partial charge in [0.25, 0.3) is 0 Å². The first kappa shape index (κ1) is 14.8. The van der Waals surface area contributed by atoms with Crippen LogP contribution in [0.15, 0.2) is 36.7 Å². The highest BCUT2D eigenvalue weighted by Crippen LogP contribution is 2.32. The fourth-order valence-electron chi connectivity index (χ4n) is 4.15. The van der Waals surface area contributed by atoms with Crippen molar-refractivity contribution in [2.75, 3.05) is 26.2 Å². The predicted octanol–water partition coefficient (Wildman–Crippen LogP) is 2.12. The van der Waals surface area contributed by atoms with E-state index in [4.69, 9.17) is 0 Å². The lowest BCUT2D eigenvalue weighted by molar-refractivity contribution is 0.246. The number of halogens is 1. The predicted molar refractivity (Wildman–Crippen MR) is 87.1 cm³/mol. The van der Waals surface area contributed by atoms with Gasteiger partial charge in [-0.2, -0.15) is 5.10 Å². The SMILES string of the molecule is Cn1cc(CN2C[C@@H]3CN(Cc4cccc(F)c4)C[C@H]3C2)cn1. The van der Waals surface area contributed by atoms with Crippen molar-refractivity contribution in [2.45, 2.75) is 13.1 Å². The minimum Gasteiger partial charge on any atom is -0.298 e. The fraction of sp³-hybridized carbons (Fsp3) is 0.500. The Bertz CT molecular complexity index is 669. The van der Waals surface area contributed by atoms with Crippen LogP contribution in [0.4, 0.5) is 4.39 Å². The number of benzene rings is 1. The molecule has 0 bridgehead atoms. The summed E-state index contributed by atoms with van der Waals surface area (Å²) in [5, 5.41) is 4.25. The average Bonchev–Trinajstić information content (AvgIpc) is 3.14. The second kappa shape index (κ2) is 6.06. The molecule has 0 unspecified atom stereocenters. The Labute approximate surface area is 136 Å². The van der Waals surface area contributed by atoms with Crippen molar-refractivity contribution in [1.82, 2.24) is 19.6 Å². The van der Waals surface area contributed by atoms with E-state index in [2.05, 4.69) is 21.1 Å². The number of fused-ring (bicyclic) bond motifs is 1. The van der Waals surface area contributed by atoms with Crippen molar-refractivity contribution >= 4 is 0 Å². The summed E-state index contributed by atoms with van der Waals surface area (Å²) >= 11 is 0. The highest BCUT2D eigenvalue weighted by atomic mass is 19.1. The van der Waals surface area contributed by atoms with Crippen LogP contribution in [0.2, 0.25) is 0 Å². The summed E-state index contributed by atoms with van der Waals surface area (Å²) in [6, 6.07) is 6.99. The summed E-state index contributed by atoms with van der Waals surface area (Å²) < 4.78 is 15.2. The Balaban J connectivity index is 1.31. The van der Waals surface area contributed by atoms with Crippen molar-refractivity contribution < 1.29 is 4.39 Å². The van der Waals surface area contributed by atoms with Gasteiger partial charge in [0.1, 0.15) is 5.82 Å². The van der Waals surface area contributed by atoms with Crippen LogP contribution in [0.3, 0.4) is 0 Å². The second-order valence-corrected chi connectivity index (χ2v) is 7.06. The van der Waals surface area contributed by atoms with Crippen LogP contribution in [-0.4, -0.2) is 45.8 Å². The number of hydrogen-bond donors (Lipinski definition) is 0. The molecule has 3 heterocycles. The molecule has 0 spiro atoms. The molecule has 0 N–H and O–H groups in total. The largest absolute Gasteiger partial charge is 0.298 e. The summed E-state index contributed by atoms with van der Waals surface area (Å²) in [4.78, 5) is 5.03. The molecule has 23 heavy (non-hydrogen) atoms. The first-order valence-electron chi connectivity index (χ1n) is 8.32. The molecule has 2 atom stereocenters. The Morgan fingerprint density at radius 2 is 1.70 bits per heavy atom. The molecule has 0 amide bonds. The Morgan fingerprint density at radius 3 is 2.26 bits per heavy atom. The average molecular weight is 314 g/mol. The van der Waals surface area contributed by atoms with Crippen LogP contribution in [0.25, 0.3) is 0 Å². The van der Waals surface area contributed by atoms with Gasteiger partial charge >= 0.3 is 0 Å². The fourth-order valence-corrected chi connectivity index (χ4v) is 4.15. The van der Waals surface area contributed by atoms with Gasteiger partial charge in [-0.25, -0.2) is 4.39 Å². The standard InChI is InChI=1S/C18H23FN4/c1-21-7-15(6-20-21)9-23-12-16-10-22(11-17(16)13-23)8-14-3-2-4-18(19)5-14/h2-7,16-17H,8-13H2,1H3/t16-,17-/m0/s1. The summed E-state index contributed by atoms with van der Waals surface area (Å²) in [7, 11) is 1.96. The Morgan fingerprint density at radius 1 is 1.04 bits per heavy atom. The first-order chi connectivity index (χ1) is 11.2. The van der Waals surface area contributed by atoms with Crippen LogP contribution in [0, 0.1) is 17.7 Å². The second-order valence-electron chi connectivity index (χ2n) is 7.06. The molecule has 2 aliphatic heterocycles. The van der Waals surface area contributed by atoms with Crippen molar-refractivity contribution in [3.8, 4) is 0 Å². The zero-order valence-corrected chi connectivity index (χ0v) is 13.5. The lowest BCUT2D eigenvalue weighted by Crippen LogP contribution is -2.28. The van der Waals surface area contributed by atoms with Crippen molar-refractivity contribution in [3.63, 3.8) is 0 Å². The van der Waals surface area contributed by atoms with Crippen LogP contribution in [0.5, 0.6) is 0 Å². The molecule has 0 radical (unpaired) electrons. The van der Waals surface area contributed by atoms with Gasteiger partial charge in [-0.3, -0.25) is 14.5 Å². The molecule has 0 saturated carbocycles. The summed E-state index contributed by atoms with van der Waals surface area (Å²) in [6.45, 7) is 6.46. The summed E-state index contributed by atoms with van der Waals surface area (Å²) in [6.07, 6.45) is 4.06. The van der Waals surface area contributed by atoms with Gasteiger partial charge in [0.05, 0.1) is 6.20 Å². The molecule has 4 rings (SSSR count). The molecule has 2 saturated heterocycles. The first-order valence-corrected chi connectivity index (χ1v) is 8.32. The summed E-state index contributed by atoms with van der Waals surface area (Å²) in [5.41, 5.74) is 2.38. The van der Waals surface area contributed by atoms with Gasteiger partial charge in [0.15, 0.2) is 0 Å². The maximum Gasteiger partial charge on any atom is 0.123 e. The zero-order valence-electron chi connectivity index (χ0n) is 13.5. The number of rotatable bonds is 4. The minimum atomic E-state index is -0.135. The van der Waals surface area contributed by atoms with Crippen LogP contribution < -0.4 is 0 Å². The van der Waals surface area contributed by atoms with Gasteiger partial charge in [-0.05, 0) is 29.5 Å². The third kappa shape index (κ3) is 3.31. The molecular weight excluding hydrogens is 291 g/mol. The molecule has 1 aromatic heterocycles. The highest BCUT2D eigenvalue weighted by molar-refractivity contribution is 5.16. The van der Waals surface area contributed by atoms with E-state index in [9.17, 15) is 4.39 Å². The normalized spacial score (nSPS) is 25.1. The maximum atomic E-state index is 13.3. The van der Waals surface area contributed by atoms with Crippen LogP contribution in [0.1, 0.15) is 11.1 Å². The molecule has 2 aromatic rings. The van der Waals surface area contributed by atoms with Crippen molar-refractivity contribution in [3.05, 3.63) is 53.6 Å². The van der Waals surface area contributed by atoms with E-state index in [1.54, 1.807) is 12.1 Å². The van der Waals surface area contributed by atoms with Gasteiger partial charge in [-0.15, -0.1) is 0 Å². The van der Waals surface area contributed by atoms with E-state index in [0.717, 1.165) is 43.6 Å². The van der Waals surface area contributed by atoms with E-state index in [1.165, 1.54) is 24.7 Å². The van der Waals surface area contributed by atoms with E-state index >= 15 is 0 Å². The minimum absolute atomic E-state index is 0.135. The Kier molecular flexibility index (Phi) is 3.91. The van der Waals surface area contributed by atoms with Crippen molar-refractivity contribution in [1.29, 1.82) is 0 Å². The van der Waals surface area contributed by atoms with Gasteiger partial charge in [-0.1, -0.05) is 12.1 Å². The topological polar surface area (TPSA) is 24.3 Å². The molecule has 5 heteroatoms. The number of hydrogen-bond acceptors (Lipinski definition) is 3. The van der Waals surface area contributed by atoms with Gasteiger partial charge < -0.3 is 0 Å². The van der Waals surface area contributed by atoms with E-state index in [-0.39, 0.29) is 5.82 Å². The zero-order chi connectivity index (χ0) is 15.8. The third-order valence-corrected chi connectivity index (χ3v) is 5.10. The quantitative estimate of drug-likeness (QED) is 0.864. The monoisotopic (exact) mass is 314 g/mol. The van der Waals surface area contributed by atoms with E-state index < -0.39 is 0 Å².